The Morgan fingerprint density at radius 1 is 0.275 bits per heavy atom. The molecule has 0 amide bonds. The zero-order chi connectivity index (χ0) is 50.4. The molecule has 0 aliphatic carbocycles. The Kier molecular flexibility index (Phi) is 54.4. The van der Waals surface area contributed by atoms with Gasteiger partial charge in [0.2, 0.25) is 0 Å². The normalized spacial score (nSPS) is 12.0. The van der Waals surface area contributed by atoms with Crippen LogP contribution >= 0.6 is 0 Å². The number of esters is 3. The highest BCUT2D eigenvalue weighted by Gasteiger charge is 2.19. The van der Waals surface area contributed by atoms with Gasteiger partial charge in [-0.3, -0.25) is 14.4 Å². The summed E-state index contributed by atoms with van der Waals surface area (Å²) in [6.07, 6.45) is 61.0. The molecule has 0 unspecified atom stereocenters. The number of ether oxygens (including phenoxy) is 3. The van der Waals surface area contributed by atoms with E-state index in [1.807, 2.05) is 0 Å². The first-order chi connectivity index (χ1) is 33.7. The van der Waals surface area contributed by atoms with Crippen molar-refractivity contribution in [2.45, 2.75) is 362 Å². The Morgan fingerprint density at radius 3 is 0.710 bits per heavy atom. The second kappa shape index (κ2) is 55.7. The molecule has 69 heavy (non-hydrogen) atoms. The lowest BCUT2D eigenvalue weighted by molar-refractivity contribution is -0.167. The van der Waals surface area contributed by atoms with Gasteiger partial charge in [-0.1, -0.05) is 317 Å². The van der Waals surface area contributed by atoms with Crippen LogP contribution in [0.25, 0.3) is 0 Å². The molecule has 0 heterocycles. The first-order valence-corrected chi connectivity index (χ1v) is 31.2. The molecule has 0 N–H and O–H groups in total. The number of hydrogen-bond acceptors (Lipinski definition) is 6. The van der Waals surface area contributed by atoms with E-state index in [0.29, 0.717) is 19.3 Å². The lowest BCUT2D eigenvalue weighted by Crippen LogP contribution is -2.30. The predicted octanol–water partition coefficient (Wildman–Crippen LogP) is 20.8. The molecule has 0 radical (unpaired) electrons. The average molecular weight is 976 g/mol. The van der Waals surface area contributed by atoms with Gasteiger partial charge in [0.1, 0.15) is 13.2 Å². The van der Waals surface area contributed by atoms with Crippen molar-refractivity contribution in [1.29, 1.82) is 0 Å². The first-order valence-electron chi connectivity index (χ1n) is 31.2. The SMILES string of the molecule is CCCCCCCCCCCCCCCCCCCCCC(=O)O[C@@H](COC(=O)CCCCCCCCCCCCCCCCCCC(C)C)COC(=O)CCCCCCCCCCCCC(C)C. The number of carbonyl (C=O) groups is 3. The quantitative estimate of drug-likeness (QED) is 0.0343. The standard InChI is InChI=1S/C63H122O6/c1-6-7-8-9-10-11-12-13-14-15-16-17-22-25-28-35-40-45-50-55-63(66)69-60(57-68-62(65)54-49-44-39-34-30-29-32-37-42-47-52-59(4)5)56-67-61(64)53-48-43-38-33-27-24-21-19-18-20-23-26-31-36-41-46-51-58(2)3/h58-60H,6-57H2,1-5H3/t60-/m0/s1. The van der Waals surface area contributed by atoms with Gasteiger partial charge in [0, 0.05) is 19.3 Å². The third-order valence-electron chi connectivity index (χ3n) is 14.5. The van der Waals surface area contributed by atoms with E-state index in [0.717, 1.165) is 69.6 Å². The molecule has 0 saturated carbocycles. The van der Waals surface area contributed by atoms with Gasteiger partial charge < -0.3 is 14.2 Å². The second-order valence-electron chi connectivity index (χ2n) is 22.6. The van der Waals surface area contributed by atoms with Crippen LogP contribution in [0.3, 0.4) is 0 Å². The smallest absolute Gasteiger partial charge is 0.306 e. The third-order valence-corrected chi connectivity index (χ3v) is 14.5. The van der Waals surface area contributed by atoms with Gasteiger partial charge in [0.15, 0.2) is 6.10 Å². The molecule has 0 rings (SSSR count). The van der Waals surface area contributed by atoms with Crippen LogP contribution in [0.1, 0.15) is 356 Å². The highest BCUT2D eigenvalue weighted by molar-refractivity contribution is 5.71. The maximum Gasteiger partial charge on any atom is 0.306 e. The van der Waals surface area contributed by atoms with Gasteiger partial charge in [0.05, 0.1) is 0 Å². The average Bonchev–Trinajstić information content (AvgIpc) is 3.32. The van der Waals surface area contributed by atoms with E-state index in [4.69, 9.17) is 14.2 Å². The summed E-state index contributed by atoms with van der Waals surface area (Å²) in [6.45, 7) is 11.4. The Labute approximate surface area is 431 Å². The molecular weight excluding hydrogens is 853 g/mol. The first kappa shape index (κ1) is 67.4. The van der Waals surface area contributed by atoms with Crippen molar-refractivity contribution < 1.29 is 28.6 Å². The zero-order valence-electron chi connectivity index (χ0n) is 47.5. The molecule has 0 aliphatic heterocycles. The van der Waals surface area contributed by atoms with Crippen LogP contribution in [0, 0.1) is 11.8 Å². The van der Waals surface area contributed by atoms with Crippen LogP contribution in [0.5, 0.6) is 0 Å². The second-order valence-corrected chi connectivity index (χ2v) is 22.6. The van der Waals surface area contributed by atoms with E-state index in [2.05, 4.69) is 34.6 Å². The highest BCUT2D eigenvalue weighted by Crippen LogP contribution is 2.19. The van der Waals surface area contributed by atoms with Crippen LogP contribution in [-0.2, 0) is 28.6 Å². The molecule has 0 saturated heterocycles. The van der Waals surface area contributed by atoms with Crippen molar-refractivity contribution >= 4 is 17.9 Å². The Bertz CT molecular complexity index is 1060. The van der Waals surface area contributed by atoms with Crippen molar-refractivity contribution in [3.63, 3.8) is 0 Å². The van der Waals surface area contributed by atoms with Crippen LogP contribution in [0.2, 0.25) is 0 Å². The van der Waals surface area contributed by atoms with Gasteiger partial charge in [-0.15, -0.1) is 0 Å². The Hall–Kier alpha value is -1.59. The number of unbranched alkanes of at least 4 members (excludes halogenated alkanes) is 42. The van der Waals surface area contributed by atoms with Gasteiger partial charge >= 0.3 is 17.9 Å². The minimum atomic E-state index is -0.763. The third kappa shape index (κ3) is 57.2. The molecule has 0 aromatic heterocycles. The van der Waals surface area contributed by atoms with Gasteiger partial charge in [-0.05, 0) is 31.1 Å². The van der Waals surface area contributed by atoms with Crippen LogP contribution in [0.4, 0.5) is 0 Å². The number of carbonyl (C=O) groups excluding carboxylic acids is 3. The maximum atomic E-state index is 12.9. The van der Waals surface area contributed by atoms with Crippen molar-refractivity contribution in [1.82, 2.24) is 0 Å². The molecule has 410 valence electrons. The Morgan fingerprint density at radius 2 is 0.478 bits per heavy atom. The predicted molar refractivity (Wildman–Crippen MR) is 298 cm³/mol. The fraction of sp³-hybridized carbons (Fsp3) is 0.952. The monoisotopic (exact) mass is 975 g/mol. The van der Waals surface area contributed by atoms with Crippen molar-refractivity contribution in [2.75, 3.05) is 13.2 Å². The van der Waals surface area contributed by atoms with E-state index in [1.54, 1.807) is 0 Å². The summed E-state index contributed by atoms with van der Waals surface area (Å²) in [6, 6.07) is 0. The summed E-state index contributed by atoms with van der Waals surface area (Å²) in [5, 5.41) is 0. The lowest BCUT2D eigenvalue weighted by atomic mass is 10.0. The van der Waals surface area contributed by atoms with Crippen molar-refractivity contribution in [3.8, 4) is 0 Å². The number of hydrogen-bond donors (Lipinski definition) is 0. The van der Waals surface area contributed by atoms with E-state index in [9.17, 15) is 14.4 Å². The zero-order valence-corrected chi connectivity index (χ0v) is 47.5. The topological polar surface area (TPSA) is 78.9 Å². The largest absolute Gasteiger partial charge is 0.462 e. The van der Waals surface area contributed by atoms with Crippen LogP contribution in [0.15, 0.2) is 0 Å². The summed E-state index contributed by atoms with van der Waals surface area (Å²) in [5.41, 5.74) is 0. The summed E-state index contributed by atoms with van der Waals surface area (Å²) >= 11 is 0. The lowest BCUT2D eigenvalue weighted by Gasteiger charge is -2.18. The summed E-state index contributed by atoms with van der Waals surface area (Å²) in [4.78, 5) is 38.2. The highest BCUT2D eigenvalue weighted by atomic mass is 16.6. The molecule has 0 spiro atoms. The fourth-order valence-electron chi connectivity index (χ4n) is 9.76. The fourth-order valence-corrected chi connectivity index (χ4v) is 9.76. The van der Waals surface area contributed by atoms with Gasteiger partial charge in [-0.2, -0.15) is 0 Å². The van der Waals surface area contributed by atoms with Crippen molar-refractivity contribution in [3.05, 3.63) is 0 Å². The number of rotatable bonds is 57. The van der Waals surface area contributed by atoms with E-state index in [1.165, 1.54) is 244 Å². The molecule has 6 nitrogen and oxygen atoms in total. The summed E-state index contributed by atoms with van der Waals surface area (Å²) in [7, 11) is 0. The minimum absolute atomic E-state index is 0.0623. The minimum Gasteiger partial charge on any atom is -0.462 e. The van der Waals surface area contributed by atoms with Gasteiger partial charge in [-0.25, -0.2) is 0 Å². The van der Waals surface area contributed by atoms with E-state index >= 15 is 0 Å². The van der Waals surface area contributed by atoms with E-state index < -0.39 is 6.10 Å². The van der Waals surface area contributed by atoms with Crippen LogP contribution in [-0.4, -0.2) is 37.2 Å². The molecular formula is C63H122O6. The van der Waals surface area contributed by atoms with Crippen LogP contribution < -0.4 is 0 Å². The molecule has 0 aromatic carbocycles. The summed E-state index contributed by atoms with van der Waals surface area (Å²) < 4.78 is 16.9. The van der Waals surface area contributed by atoms with Gasteiger partial charge in [0.25, 0.3) is 0 Å². The van der Waals surface area contributed by atoms with E-state index in [-0.39, 0.29) is 31.1 Å². The molecule has 0 fully saturated rings. The maximum absolute atomic E-state index is 12.9. The molecule has 0 bridgehead atoms. The molecule has 0 aromatic rings. The molecule has 1 atom stereocenters. The Balaban J connectivity index is 4.26. The summed E-state index contributed by atoms with van der Waals surface area (Å²) in [5.74, 6) is 0.837. The molecule has 0 aliphatic rings. The molecule has 6 heteroatoms. The van der Waals surface area contributed by atoms with Crippen molar-refractivity contribution in [2.24, 2.45) is 11.8 Å².